The van der Waals surface area contributed by atoms with Crippen molar-refractivity contribution in [1.29, 1.82) is 0 Å². The lowest BCUT2D eigenvalue weighted by atomic mass is 9.77. The van der Waals surface area contributed by atoms with Gasteiger partial charge in [0, 0.05) is 11.6 Å². The second kappa shape index (κ2) is 5.79. The van der Waals surface area contributed by atoms with Crippen molar-refractivity contribution in [2.75, 3.05) is 7.05 Å². The molecule has 2 atom stereocenters. The van der Waals surface area contributed by atoms with Gasteiger partial charge in [0.15, 0.2) is 0 Å². The maximum atomic E-state index is 13.7. The van der Waals surface area contributed by atoms with Gasteiger partial charge in [0.2, 0.25) is 0 Å². The van der Waals surface area contributed by atoms with Crippen LogP contribution < -0.4 is 5.32 Å². The molecule has 0 saturated carbocycles. The molecule has 0 bridgehead atoms. The van der Waals surface area contributed by atoms with Crippen molar-refractivity contribution in [1.82, 2.24) is 5.32 Å². The van der Waals surface area contributed by atoms with Crippen LogP contribution in [0.5, 0.6) is 0 Å². The molecule has 0 aliphatic carbocycles. The van der Waals surface area contributed by atoms with Crippen LogP contribution in [0.25, 0.3) is 0 Å². The largest absolute Gasteiger partial charge is 0.313 e. The summed E-state index contributed by atoms with van der Waals surface area (Å²) in [5, 5.41) is 3.08. The van der Waals surface area contributed by atoms with Crippen LogP contribution in [0, 0.1) is 23.0 Å². The van der Waals surface area contributed by atoms with E-state index in [1.54, 1.807) is 7.05 Å². The highest BCUT2D eigenvalue weighted by Crippen LogP contribution is 2.33. The Labute approximate surface area is 109 Å². The molecule has 0 aromatic heterocycles. The summed E-state index contributed by atoms with van der Waals surface area (Å²) >= 11 is 0. The third-order valence-electron chi connectivity index (χ3n) is 3.75. The molecule has 1 N–H and O–H groups in total. The van der Waals surface area contributed by atoms with Gasteiger partial charge in [-0.25, -0.2) is 8.78 Å². The second-order valence-corrected chi connectivity index (χ2v) is 6.01. The average Bonchev–Trinajstić information content (AvgIpc) is 2.28. The van der Waals surface area contributed by atoms with Gasteiger partial charge in [0.25, 0.3) is 0 Å². The number of rotatable bonds is 4. The van der Waals surface area contributed by atoms with E-state index in [0.29, 0.717) is 11.5 Å². The van der Waals surface area contributed by atoms with Gasteiger partial charge < -0.3 is 5.32 Å². The molecule has 3 heteroatoms. The molecule has 1 nitrogen and oxygen atoms in total. The highest BCUT2D eigenvalue weighted by atomic mass is 19.1. The topological polar surface area (TPSA) is 12.0 Å². The van der Waals surface area contributed by atoms with Gasteiger partial charge in [0.1, 0.15) is 11.6 Å². The summed E-state index contributed by atoms with van der Waals surface area (Å²) < 4.78 is 27.0. The van der Waals surface area contributed by atoms with E-state index >= 15 is 0 Å². The third-order valence-corrected chi connectivity index (χ3v) is 3.75. The molecular weight excluding hydrogens is 232 g/mol. The minimum absolute atomic E-state index is 0.152. The lowest BCUT2D eigenvalue weighted by Crippen LogP contribution is -2.26. The molecular formula is C15H23F2N. The Kier molecular flexibility index (Phi) is 4.85. The Morgan fingerprint density at radius 2 is 1.83 bits per heavy atom. The first-order valence-corrected chi connectivity index (χ1v) is 6.38. The van der Waals surface area contributed by atoms with E-state index in [4.69, 9.17) is 0 Å². The Hall–Kier alpha value is -0.960. The van der Waals surface area contributed by atoms with Gasteiger partial charge in [-0.1, -0.05) is 27.7 Å². The predicted molar refractivity (Wildman–Crippen MR) is 71.4 cm³/mol. The normalized spacial score (nSPS) is 15.5. The SMILES string of the molecule is CNC(CC(C)C(C)(C)C)c1cc(F)ccc1F. The summed E-state index contributed by atoms with van der Waals surface area (Å²) in [6.45, 7) is 8.62. The van der Waals surface area contributed by atoms with Crippen LogP contribution in [0.1, 0.15) is 45.7 Å². The van der Waals surface area contributed by atoms with Crippen LogP contribution in [0.15, 0.2) is 18.2 Å². The van der Waals surface area contributed by atoms with Gasteiger partial charge in [-0.3, -0.25) is 0 Å². The van der Waals surface area contributed by atoms with Crippen LogP contribution in [0.2, 0.25) is 0 Å². The van der Waals surface area contributed by atoms with E-state index in [9.17, 15) is 8.78 Å². The zero-order valence-electron chi connectivity index (χ0n) is 11.8. The van der Waals surface area contributed by atoms with Gasteiger partial charge in [0.05, 0.1) is 0 Å². The lowest BCUT2D eigenvalue weighted by molar-refractivity contribution is 0.224. The van der Waals surface area contributed by atoms with Crippen molar-refractivity contribution in [3.8, 4) is 0 Å². The molecule has 0 radical (unpaired) electrons. The molecule has 1 aromatic carbocycles. The van der Waals surface area contributed by atoms with E-state index in [-0.39, 0.29) is 17.3 Å². The van der Waals surface area contributed by atoms with Crippen molar-refractivity contribution in [2.24, 2.45) is 11.3 Å². The van der Waals surface area contributed by atoms with Crippen LogP contribution in [0.3, 0.4) is 0 Å². The summed E-state index contributed by atoms with van der Waals surface area (Å²) in [6.07, 6.45) is 0.778. The third kappa shape index (κ3) is 3.77. The smallest absolute Gasteiger partial charge is 0.128 e. The van der Waals surface area contributed by atoms with E-state index in [1.165, 1.54) is 12.1 Å². The summed E-state index contributed by atoms with van der Waals surface area (Å²) in [6, 6.07) is 3.47. The van der Waals surface area contributed by atoms with E-state index < -0.39 is 5.82 Å². The van der Waals surface area contributed by atoms with Crippen LogP contribution in [0.4, 0.5) is 8.78 Å². The van der Waals surface area contributed by atoms with Crippen LogP contribution in [-0.4, -0.2) is 7.05 Å². The standard InChI is InChI=1S/C15H23F2N/c1-10(15(2,3)4)8-14(18-5)12-9-11(16)6-7-13(12)17/h6-7,9-10,14,18H,8H2,1-5H3. The summed E-state index contributed by atoms with van der Waals surface area (Å²) in [5.74, 6) is -0.343. The Balaban J connectivity index is 2.93. The number of benzene rings is 1. The highest BCUT2D eigenvalue weighted by Gasteiger charge is 2.25. The van der Waals surface area contributed by atoms with Gasteiger partial charge >= 0.3 is 0 Å². The van der Waals surface area contributed by atoms with Crippen molar-refractivity contribution < 1.29 is 8.78 Å². The summed E-state index contributed by atoms with van der Waals surface area (Å²) in [5.41, 5.74) is 0.562. The molecule has 1 aromatic rings. The average molecular weight is 255 g/mol. The van der Waals surface area contributed by atoms with Crippen molar-refractivity contribution in [3.63, 3.8) is 0 Å². The molecule has 1 rings (SSSR count). The summed E-state index contributed by atoms with van der Waals surface area (Å²) in [4.78, 5) is 0. The number of nitrogens with one attached hydrogen (secondary N) is 1. The van der Waals surface area contributed by atoms with Crippen molar-refractivity contribution >= 4 is 0 Å². The molecule has 0 saturated heterocycles. The molecule has 0 aliphatic heterocycles. The maximum Gasteiger partial charge on any atom is 0.128 e. The molecule has 0 fully saturated rings. The highest BCUT2D eigenvalue weighted by molar-refractivity contribution is 5.22. The van der Waals surface area contributed by atoms with Crippen LogP contribution >= 0.6 is 0 Å². The van der Waals surface area contributed by atoms with Crippen molar-refractivity contribution in [3.05, 3.63) is 35.4 Å². The monoisotopic (exact) mass is 255 g/mol. The molecule has 0 aliphatic rings. The van der Waals surface area contributed by atoms with Crippen molar-refractivity contribution in [2.45, 2.75) is 40.2 Å². The number of halogens is 2. The predicted octanol–water partition coefficient (Wildman–Crippen LogP) is 4.30. The Morgan fingerprint density at radius 1 is 1.22 bits per heavy atom. The first-order valence-electron chi connectivity index (χ1n) is 6.38. The van der Waals surface area contributed by atoms with E-state index in [1.807, 2.05) is 0 Å². The first-order chi connectivity index (χ1) is 8.25. The molecule has 0 spiro atoms. The molecule has 0 amide bonds. The fourth-order valence-corrected chi connectivity index (χ4v) is 1.89. The Bertz CT molecular complexity index is 396. The second-order valence-electron chi connectivity index (χ2n) is 6.01. The first kappa shape index (κ1) is 15.1. The molecule has 102 valence electrons. The molecule has 2 unspecified atom stereocenters. The molecule has 0 heterocycles. The summed E-state index contributed by atoms with van der Waals surface area (Å²) in [7, 11) is 1.78. The van der Waals surface area contributed by atoms with Crippen LogP contribution in [-0.2, 0) is 0 Å². The minimum atomic E-state index is -0.393. The fourth-order valence-electron chi connectivity index (χ4n) is 1.89. The van der Waals surface area contributed by atoms with Gasteiger partial charge in [-0.15, -0.1) is 0 Å². The van der Waals surface area contributed by atoms with E-state index in [0.717, 1.165) is 12.5 Å². The maximum absolute atomic E-state index is 13.7. The fraction of sp³-hybridized carbons (Fsp3) is 0.600. The zero-order chi connectivity index (χ0) is 13.9. The minimum Gasteiger partial charge on any atom is -0.313 e. The van der Waals surface area contributed by atoms with Gasteiger partial charge in [-0.2, -0.15) is 0 Å². The number of hydrogen-bond donors (Lipinski definition) is 1. The lowest BCUT2D eigenvalue weighted by Gasteiger charge is -2.31. The van der Waals surface area contributed by atoms with E-state index in [2.05, 4.69) is 33.0 Å². The van der Waals surface area contributed by atoms with Gasteiger partial charge in [-0.05, 0) is 43.0 Å². The quantitative estimate of drug-likeness (QED) is 0.846. The molecule has 18 heavy (non-hydrogen) atoms. The number of hydrogen-bond acceptors (Lipinski definition) is 1. The zero-order valence-corrected chi connectivity index (χ0v) is 11.8. The Morgan fingerprint density at radius 3 is 2.33 bits per heavy atom.